The van der Waals surface area contributed by atoms with Gasteiger partial charge in [0.15, 0.2) is 17.5 Å². The Hall–Kier alpha value is -2.74. The van der Waals surface area contributed by atoms with Crippen LogP contribution in [-0.4, -0.2) is 48.7 Å². The Labute approximate surface area is 178 Å². The third-order valence-electron chi connectivity index (χ3n) is 4.54. The normalized spacial score (nSPS) is 13.9. The van der Waals surface area contributed by atoms with Crippen LogP contribution in [0, 0.1) is 5.92 Å². The highest BCUT2D eigenvalue weighted by atomic mass is 16.5. The lowest BCUT2D eigenvalue weighted by molar-refractivity contribution is 0.108. The van der Waals surface area contributed by atoms with Gasteiger partial charge in [0.2, 0.25) is 0 Å². The van der Waals surface area contributed by atoms with Crippen LogP contribution >= 0.6 is 0 Å². The average Bonchev–Trinajstić information content (AvgIpc) is 2.99. The average molecular weight is 416 g/mol. The fourth-order valence-electron chi connectivity index (χ4n) is 2.93. The number of rotatable bonds is 9. The molecule has 30 heavy (non-hydrogen) atoms. The smallest absolute Gasteiger partial charge is 0.196 e. The van der Waals surface area contributed by atoms with Crippen LogP contribution < -0.4 is 20.1 Å². The summed E-state index contributed by atoms with van der Waals surface area (Å²) in [5, 5.41) is 11.0. The molecule has 0 saturated heterocycles. The maximum Gasteiger partial charge on any atom is 0.196 e. The summed E-state index contributed by atoms with van der Waals surface area (Å²) in [5.41, 5.74) is 1.93. The quantitative estimate of drug-likeness (QED) is 0.372. The minimum atomic E-state index is 0.528. The number of ether oxygens (including phenoxy) is 3. The van der Waals surface area contributed by atoms with Crippen LogP contribution in [0.2, 0.25) is 0 Å². The van der Waals surface area contributed by atoms with Crippen molar-refractivity contribution in [2.75, 3.05) is 38.3 Å². The summed E-state index contributed by atoms with van der Waals surface area (Å²) in [6, 6.07) is 7.82. The van der Waals surface area contributed by atoms with E-state index in [0.29, 0.717) is 31.6 Å². The Morgan fingerprint density at radius 2 is 2.07 bits per heavy atom. The van der Waals surface area contributed by atoms with Crippen molar-refractivity contribution in [3.63, 3.8) is 0 Å². The number of anilines is 1. The van der Waals surface area contributed by atoms with Crippen molar-refractivity contribution in [1.82, 2.24) is 15.1 Å². The molecule has 1 aliphatic rings. The lowest BCUT2D eigenvalue weighted by Crippen LogP contribution is -2.32. The number of aryl methyl sites for hydroxylation is 1. The Balaban J connectivity index is 1.61. The summed E-state index contributed by atoms with van der Waals surface area (Å²) in [4.78, 5) is 4.72. The first-order valence-electron chi connectivity index (χ1n) is 10.6. The predicted molar refractivity (Wildman–Crippen MR) is 118 cm³/mol. The van der Waals surface area contributed by atoms with Crippen LogP contribution in [0.25, 0.3) is 0 Å². The van der Waals surface area contributed by atoms with Gasteiger partial charge in [-0.05, 0) is 30.5 Å². The van der Waals surface area contributed by atoms with Gasteiger partial charge in [0.05, 0.1) is 25.5 Å². The Bertz CT molecular complexity index is 819. The molecule has 8 heteroatoms. The number of benzene rings is 1. The molecule has 0 aliphatic carbocycles. The molecule has 1 aromatic heterocycles. The van der Waals surface area contributed by atoms with Crippen LogP contribution in [0.1, 0.15) is 32.4 Å². The maximum absolute atomic E-state index is 5.80. The second kappa shape index (κ2) is 11.4. The molecule has 0 bridgehead atoms. The summed E-state index contributed by atoms with van der Waals surface area (Å²) in [7, 11) is 1.92. The van der Waals surface area contributed by atoms with Gasteiger partial charge in [-0.3, -0.25) is 4.68 Å². The molecule has 1 aliphatic heterocycles. The largest absolute Gasteiger partial charge is 0.490 e. The minimum absolute atomic E-state index is 0.528. The van der Waals surface area contributed by atoms with Crippen molar-refractivity contribution < 1.29 is 14.2 Å². The number of guanidine groups is 1. The molecule has 0 saturated carbocycles. The highest BCUT2D eigenvalue weighted by Gasteiger charge is 2.11. The standard InChI is InChI=1S/C22H33N5O3/c1-17(2)16-28-11-4-9-23-22(24-15-19-8-10-25-27(19)3)26-18-6-7-20-21(14-18)30-13-5-12-29-20/h6-8,10,14,17H,4-5,9,11-13,15-16H2,1-3H3,(H2,23,24,26). The molecular formula is C22H33N5O3. The van der Waals surface area contributed by atoms with Gasteiger partial charge < -0.3 is 24.8 Å². The monoisotopic (exact) mass is 415 g/mol. The zero-order valence-electron chi connectivity index (χ0n) is 18.2. The molecule has 2 aromatic rings. The summed E-state index contributed by atoms with van der Waals surface area (Å²) < 4.78 is 19.0. The molecule has 0 amide bonds. The van der Waals surface area contributed by atoms with E-state index >= 15 is 0 Å². The van der Waals surface area contributed by atoms with Crippen LogP contribution in [-0.2, 0) is 18.3 Å². The van der Waals surface area contributed by atoms with E-state index in [1.165, 1.54) is 0 Å². The Morgan fingerprint density at radius 3 is 2.83 bits per heavy atom. The second-order valence-corrected chi connectivity index (χ2v) is 7.70. The zero-order chi connectivity index (χ0) is 21.2. The van der Waals surface area contributed by atoms with Crippen LogP contribution in [0.15, 0.2) is 35.5 Å². The third kappa shape index (κ3) is 6.95. The van der Waals surface area contributed by atoms with Gasteiger partial charge in [-0.2, -0.15) is 5.10 Å². The summed E-state index contributed by atoms with van der Waals surface area (Å²) >= 11 is 0. The van der Waals surface area contributed by atoms with Gasteiger partial charge in [-0.1, -0.05) is 13.8 Å². The number of hydrogen-bond donors (Lipinski definition) is 2. The first kappa shape index (κ1) is 22.0. The summed E-state index contributed by atoms with van der Waals surface area (Å²) in [5.74, 6) is 2.79. The number of hydrogen-bond acceptors (Lipinski definition) is 5. The van der Waals surface area contributed by atoms with Crippen LogP contribution in [0.3, 0.4) is 0 Å². The van der Waals surface area contributed by atoms with Crippen molar-refractivity contribution in [2.24, 2.45) is 18.0 Å². The van der Waals surface area contributed by atoms with Crippen molar-refractivity contribution >= 4 is 11.6 Å². The second-order valence-electron chi connectivity index (χ2n) is 7.70. The molecule has 0 atom stereocenters. The van der Waals surface area contributed by atoms with E-state index in [4.69, 9.17) is 19.2 Å². The molecule has 0 fully saturated rings. The van der Waals surface area contributed by atoms with Crippen molar-refractivity contribution in [3.05, 3.63) is 36.2 Å². The molecular weight excluding hydrogens is 382 g/mol. The zero-order valence-corrected chi connectivity index (χ0v) is 18.2. The topological polar surface area (TPSA) is 81.9 Å². The maximum atomic E-state index is 5.80. The van der Waals surface area contributed by atoms with E-state index in [9.17, 15) is 0 Å². The van der Waals surface area contributed by atoms with Crippen LogP contribution in [0.5, 0.6) is 11.5 Å². The SMILES string of the molecule is CC(C)COCCCNC(=NCc1ccnn1C)Nc1ccc2c(c1)OCCCO2. The molecule has 1 aromatic carbocycles. The summed E-state index contributed by atoms with van der Waals surface area (Å²) in [6.07, 6.45) is 3.57. The lowest BCUT2D eigenvalue weighted by Gasteiger charge is -2.15. The first-order valence-corrected chi connectivity index (χ1v) is 10.6. The van der Waals surface area contributed by atoms with Crippen molar-refractivity contribution in [3.8, 4) is 11.5 Å². The third-order valence-corrected chi connectivity index (χ3v) is 4.54. The van der Waals surface area contributed by atoms with Gasteiger partial charge in [-0.15, -0.1) is 0 Å². The molecule has 8 nitrogen and oxygen atoms in total. The van der Waals surface area contributed by atoms with E-state index in [-0.39, 0.29) is 0 Å². The van der Waals surface area contributed by atoms with E-state index in [1.54, 1.807) is 6.20 Å². The van der Waals surface area contributed by atoms with E-state index in [0.717, 1.165) is 55.5 Å². The highest BCUT2D eigenvalue weighted by Crippen LogP contribution is 2.32. The van der Waals surface area contributed by atoms with Crippen LogP contribution in [0.4, 0.5) is 5.69 Å². The molecule has 0 spiro atoms. The fourth-order valence-corrected chi connectivity index (χ4v) is 2.93. The van der Waals surface area contributed by atoms with E-state index in [2.05, 4.69) is 29.6 Å². The first-order chi connectivity index (χ1) is 14.6. The molecule has 2 N–H and O–H groups in total. The van der Waals surface area contributed by atoms with Gasteiger partial charge in [-0.25, -0.2) is 4.99 Å². The molecule has 2 heterocycles. The fraction of sp³-hybridized carbons (Fsp3) is 0.545. The Kier molecular flexibility index (Phi) is 8.38. The number of fused-ring (bicyclic) bond motifs is 1. The van der Waals surface area contributed by atoms with Gasteiger partial charge in [0.25, 0.3) is 0 Å². The lowest BCUT2D eigenvalue weighted by atomic mass is 10.2. The van der Waals surface area contributed by atoms with Gasteiger partial charge >= 0.3 is 0 Å². The summed E-state index contributed by atoms with van der Waals surface area (Å²) in [6.45, 7) is 8.45. The van der Waals surface area contributed by atoms with E-state index in [1.807, 2.05) is 36.0 Å². The number of aromatic nitrogens is 2. The van der Waals surface area contributed by atoms with Gasteiger partial charge in [0.1, 0.15) is 0 Å². The molecule has 3 rings (SSSR count). The Morgan fingerprint density at radius 1 is 1.23 bits per heavy atom. The number of nitrogens with zero attached hydrogens (tertiary/aromatic N) is 3. The number of nitrogens with one attached hydrogen (secondary N) is 2. The molecule has 164 valence electrons. The minimum Gasteiger partial charge on any atom is -0.490 e. The van der Waals surface area contributed by atoms with Crippen molar-refractivity contribution in [1.29, 1.82) is 0 Å². The molecule has 0 unspecified atom stereocenters. The van der Waals surface area contributed by atoms with E-state index < -0.39 is 0 Å². The predicted octanol–water partition coefficient (Wildman–Crippen LogP) is 3.20. The highest BCUT2D eigenvalue weighted by molar-refractivity contribution is 5.93. The number of aliphatic imine (C=N–C) groups is 1. The van der Waals surface area contributed by atoms with Gasteiger partial charge in [0, 0.05) is 51.2 Å². The van der Waals surface area contributed by atoms with Crippen molar-refractivity contribution in [2.45, 2.75) is 33.2 Å². The molecule has 0 radical (unpaired) electrons.